The normalized spacial score (nSPS) is 20.3. The van der Waals surface area contributed by atoms with Crippen molar-refractivity contribution < 1.29 is 60.4 Å². The minimum Gasteiger partial charge on any atom is -0.394 e. The van der Waals surface area contributed by atoms with Gasteiger partial charge in [0.2, 0.25) is 6.33 Å². The lowest BCUT2D eigenvalue weighted by Crippen LogP contribution is -2.56. The van der Waals surface area contributed by atoms with Crippen molar-refractivity contribution in [2.24, 2.45) is 0 Å². The molecule has 3 rings (SSSR count). The van der Waals surface area contributed by atoms with Gasteiger partial charge < -0.3 is 56.0 Å². The summed E-state index contributed by atoms with van der Waals surface area (Å²) in [6.45, 7) is 3.84. The maximum absolute atomic E-state index is 13.5. The first-order valence-electron chi connectivity index (χ1n) is 15.1. The number of hydrogen-bond acceptors (Lipinski definition) is 12. The molecule has 2 aromatic rings. The molecule has 15 nitrogen and oxygen atoms in total. The van der Waals surface area contributed by atoms with Gasteiger partial charge in [-0.1, -0.05) is 0 Å². The largest absolute Gasteiger partial charge is 0.394 e. The van der Waals surface area contributed by atoms with Crippen molar-refractivity contribution in [3.8, 4) is 0 Å². The van der Waals surface area contributed by atoms with Gasteiger partial charge in [0.05, 0.1) is 38.5 Å². The number of likely N-dealkylation sites (tertiary alicyclic amines) is 1. The van der Waals surface area contributed by atoms with Crippen LogP contribution in [-0.4, -0.2) is 166 Å². The predicted octanol–water partition coefficient (Wildman–Crippen LogP) is -4.25. The van der Waals surface area contributed by atoms with Crippen molar-refractivity contribution in [2.45, 2.75) is 94.7 Å². The van der Waals surface area contributed by atoms with E-state index in [-0.39, 0.29) is 25.0 Å². The highest BCUT2D eigenvalue weighted by Crippen LogP contribution is 2.23. The zero-order valence-corrected chi connectivity index (χ0v) is 25.2. The lowest BCUT2D eigenvalue weighted by molar-refractivity contribution is -0.668. The summed E-state index contributed by atoms with van der Waals surface area (Å²) in [4.78, 5) is 16.7. The van der Waals surface area contributed by atoms with Crippen molar-refractivity contribution in [3.05, 3.63) is 30.1 Å². The summed E-state index contributed by atoms with van der Waals surface area (Å²) >= 11 is 0. The average molecular weight is 630 g/mol. The van der Waals surface area contributed by atoms with Crippen molar-refractivity contribution in [2.75, 3.05) is 39.4 Å². The smallest absolute Gasteiger partial charge is 0.254 e. The van der Waals surface area contributed by atoms with E-state index in [0.717, 1.165) is 24.1 Å². The second kappa shape index (κ2) is 16.3. The molecule has 0 aliphatic carbocycles. The van der Waals surface area contributed by atoms with E-state index < -0.39 is 62.0 Å². The summed E-state index contributed by atoms with van der Waals surface area (Å²) in [5, 5.41) is 99.8. The van der Waals surface area contributed by atoms with Gasteiger partial charge in [0.1, 0.15) is 36.6 Å². The Balaban J connectivity index is 1.75. The summed E-state index contributed by atoms with van der Waals surface area (Å²) < 4.78 is 4.18. The number of fused-ring (bicyclic) bond motifs is 1. The van der Waals surface area contributed by atoms with Crippen LogP contribution in [0.3, 0.4) is 0 Å². The van der Waals surface area contributed by atoms with Gasteiger partial charge >= 0.3 is 0 Å². The summed E-state index contributed by atoms with van der Waals surface area (Å²) in [6.07, 6.45) is -11.4. The molecule has 1 fully saturated rings. The minimum atomic E-state index is -1.87. The Morgan fingerprint density at radius 1 is 0.841 bits per heavy atom. The van der Waals surface area contributed by atoms with Gasteiger partial charge in [-0.25, -0.2) is 9.13 Å². The van der Waals surface area contributed by atoms with Crippen LogP contribution in [0.15, 0.2) is 24.5 Å². The zero-order chi connectivity index (χ0) is 32.7. The van der Waals surface area contributed by atoms with E-state index in [1.54, 1.807) is 11.0 Å². The number of imidazole rings is 1. The first-order chi connectivity index (χ1) is 20.9. The van der Waals surface area contributed by atoms with Crippen LogP contribution in [0.5, 0.6) is 0 Å². The van der Waals surface area contributed by atoms with Gasteiger partial charge in [0, 0.05) is 43.9 Å². The maximum Gasteiger partial charge on any atom is 0.254 e. The molecule has 1 aliphatic heterocycles. The van der Waals surface area contributed by atoms with Crippen LogP contribution in [0.2, 0.25) is 0 Å². The highest BCUT2D eigenvalue weighted by atomic mass is 16.4. The van der Waals surface area contributed by atoms with Crippen LogP contribution in [0.1, 0.15) is 37.0 Å². The Morgan fingerprint density at radius 2 is 1.34 bits per heavy atom. The number of carbonyl (C=O) groups is 1. The molecule has 1 aromatic heterocycles. The van der Waals surface area contributed by atoms with Crippen LogP contribution in [0.25, 0.3) is 11.0 Å². The van der Waals surface area contributed by atoms with E-state index in [1.165, 1.54) is 4.90 Å². The van der Waals surface area contributed by atoms with E-state index >= 15 is 0 Å². The van der Waals surface area contributed by atoms with Crippen LogP contribution in [-0.2, 0) is 13.1 Å². The SMILES string of the molecule is CCn1c[n+](CC)c2ccc(C(=O)N3CCC(N(C[C@H](O)[C@@H](O)[C@H](O)[C@H](O)CO)C[C@H](O)[C@@H](O)[C@H](O)[C@H](O)CO)CC3)cc21. The molecule has 2 heterocycles. The number of benzene rings is 1. The van der Waals surface area contributed by atoms with E-state index in [9.17, 15) is 45.6 Å². The number of aromatic nitrogens is 2. The Bertz CT molecular complexity index is 1160. The molecule has 1 amide bonds. The lowest BCUT2D eigenvalue weighted by atomic mass is 9.97. The number of piperidine rings is 1. The fourth-order valence-electron chi connectivity index (χ4n) is 5.74. The second-order valence-corrected chi connectivity index (χ2v) is 11.5. The molecular formula is C29H49N4O11+. The first kappa shape index (κ1) is 36.2. The molecule has 0 saturated carbocycles. The Hall–Kier alpha value is -2.28. The molecule has 0 unspecified atom stereocenters. The highest BCUT2D eigenvalue weighted by molar-refractivity contribution is 5.97. The molecule has 0 radical (unpaired) electrons. The van der Waals surface area contributed by atoms with Crippen LogP contribution in [0, 0.1) is 0 Å². The summed E-state index contributed by atoms with van der Waals surface area (Å²) in [5.74, 6) is -0.156. The molecule has 15 heteroatoms. The van der Waals surface area contributed by atoms with Crippen molar-refractivity contribution in [1.82, 2.24) is 14.4 Å². The molecule has 1 aliphatic rings. The summed E-state index contributed by atoms with van der Waals surface area (Å²) in [6, 6.07) is 5.21. The van der Waals surface area contributed by atoms with Gasteiger partial charge in [0.25, 0.3) is 5.91 Å². The zero-order valence-electron chi connectivity index (χ0n) is 25.2. The minimum absolute atomic E-state index is 0.156. The molecule has 1 saturated heterocycles. The van der Waals surface area contributed by atoms with Crippen LogP contribution in [0.4, 0.5) is 0 Å². The first-order valence-corrected chi connectivity index (χ1v) is 15.1. The van der Waals surface area contributed by atoms with Crippen LogP contribution >= 0.6 is 0 Å². The number of nitrogens with zero attached hydrogens (tertiary/aromatic N) is 4. The Kier molecular flexibility index (Phi) is 13.4. The molecule has 1 aromatic carbocycles. The van der Waals surface area contributed by atoms with Gasteiger partial charge in [-0.3, -0.25) is 9.69 Å². The number of hydrogen-bond donors (Lipinski definition) is 10. The number of rotatable bonds is 16. The van der Waals surface area contributed by atoms with E-state index in [1.807, 2.05) is 32.3 Å². The molecule has 44 heavy (non-hydrogen) atoms. The molecule has 250 valence electrons. The quantitative estimate of drug-likeness (QED) is 0.0796. The fraction of sp³-hybridized carbons (Fsp3) is 0.724. The molecular weight excluding hydrogens is 580 g/mol. The van der Waals surface area contributed by atoms with Gasteiger partial charge in [0.15, 0.2) is 11.0 Å². The van der Waals surface area contributed by atoms with E-state index in [0.29, 0.717) is 31.5 Å². The van der Waals surface area contributed by atoms with Crippen molar-refractivity contribution in [1.29, 1.82) is 0 Å². The maximum atomic E-state index is 13.5. The summed E-state index contributed by atoms with van der Waals surface area (Å²) in [7, 11) is 0. The number of aliphatic hydroxyl groups is 10. The lowest BCUT2D eigenvalue weighted by Gasteiger charge is -2.41. The number of amides is 1. The third-order valence-corrected chi connectivity index (χ3v) is 8.56. The van der Waals surface area contributed by atoms with Gasteiger partial charge in [-0.05, 0) is 38.8 Å². The Labute approximate surface area is 256 Å². The number of carbonyl (C=O) groups excluding carboxylic acids is 1. The van der Waals surface area contributed by atoms with Gasteiger partial charge in [-0.15, -0.1) is 0 Å². The second-order valence-electron chi connectivity index (χ2n) is 11.5. The number of aryl methyl sites for hydroxylation is 2. The fourth-order valence-corrected chi connectivity index (χ4v) is 5.74. The third-order valence-electron chi connectivity index (χ3n) is 8.56. The molecule has 0 spiro atoms. The predicted molar refractivity (Wildman–Crippen MR) is 156 cm³/mol. The standard InChI is InChI=1S/C29H49N4O11/c1-3-30-16-31(4-2)20-11-17(5-6-19(20)30)29(44)32-9-7-18(8-10-32)33(12-21(36)25(40)27(42)23(38)14-34)13-22(37)26(41)28(43)24(39)15-35/h5-6,11,16,18,21-28,34-43H,3-4,7-10,12-15H2,1-2H3/q+1/t21-,22-,23+,24+,25+,26+,27+,28+/m0/s1. The molecule has 8 atom stereocenters. The molecule has 10 N–H and O–H groups in total. The van der Waals surface area contributed by atoms with E-state index in [4.69, 9.17) is 10.2 Å². The average Bonchev–Trinajstić information content (AvgIpc) is 3.42. The van der Waals surface area contributed by atoms with Crippen molar-refractivity contribution >= 4 is 16.9 Å². The highest BCUT2D eigenvalue weighted by Gasteiger charge is 2.37. The monoisotopic (exact) mass is 629 g/mol. The molecule has 0 bridgehead atoms. The van der Waals surface area contributed by atoms with Crippen molar-refractivity contribution in [3.63, 3.8) is 0 Å². The third kappa shape index (κ3) is 8.30. The van der Waals surface area contributed by atoms with Gasteiger partial charge in [-0.2, -0.15) is 0 Å². The van der Waals surface area contributed by atoms with E-state index in [2.05, 4.69) is 9.13 Å². The van der Waals surface area contributed by atoms with Crippen LogP contribution < -0.4 is 4.57 Å². The Morgan fingerprint density at radius 3 is 1.80 bits per heavy atom. The topological polar surface area (TPSA) is 235 Å². The summed E-state index contributed by atoms with van der Waals surface area (Å²) in [5.41, 5.74) is 2.51. The number of aliphatic hydroxyl groups excluding tert-OH is 10.